The second-order valence-electron chi connectivity index (χ2n) is 4.86. The molecule has 0 aliphatic carbocycles. The van der Waals surface area contributed by atoms with Gasteiger partial charge < -0.3 is 10.1 Å². The largest absolute Gasteiger partial charge is 0.493 e. The van der Waals surface area contributed by atoms with Crippen molar-refractivity contribution in [2.45, 2.75) is 33.7 Å². The Labute approximate surface area is 114 Å². The van der Waals surface area contributed by atoms with Crippen LogP contribution in [-0.2, 0) is 6.54 Å². The zero-order valence-corrected chi connectivity index (χ0v) is 11.8. The first-order valence-corrected chi connectivity index (χ1v) is 6.65. The van der Waals surface area contributed by atoms with E-state index in [0.29, 0.717) is 19.1 Å². The Morgan fingerprint density at radius 3 is 2.74 bits per heavy atom. The van der Waals surface area contributed by atoms with Gasteiger partial charge in [-0.25, -0.2) is 0 Å². The molecule has 0 radical (unpaired) electrons. The molecule has 0 saturated carbocycles. The molecule has 0 atom stereocenters. The first-order valence-electron chi connectivity index (χ1n) is 6.65. The van der Waals surface area contributed by atoms with Crippen molar-refractivity contribution < 1.29 is 9.66 Å². The van der Waals surface area contributed by atoms with Crippen molar-refractivity contribution in [3.8, 4) is 5.75 Å². The lowest BCUT2D eigenvalue weighted by Crippen LogP contribution is -2.13. The lowest BCUT2D eigenvalue weighted by molar-refractivity contribution is -0.384. The van der Waals surface area contributed by atoms with E-state index < -0.39 is 0 Å². The van der Waals surface area contributed by atoms with Gasteiger partial charge in [0.1, 0.15) is 5.75 Å². The van der Waals surface area contributed by atoms with Gasteiger partial charge in [-0.15, -0.1) is 0 Å². The third-order valence-corrected chi connectivity index (χ3v) is 2.77. The second kappa shape index (κ2) is 7.74. The molecular formula is C14H22N2O3. The van der Waals surface area contributed by atoms with E-state index in [2.05, 4.69) is 19.2 Å². The van der Waals surface area contributed by atoms with Gasteiger partial charge in [0, 0.05) is 24.2 Å². The van der Waals surface area contributed by atoms with E-state index in [1.165, 1.54) is 6.07 Å². The smallest absolute Gasteiger partial charge is 0.270 e. The molecule has 0 aliphatic rings. The van der Waals surface area contributed by atoms with Gasteiger partial charge in [0.25, 0.3) is 5.69 Å². The highest BCUT2D eigenvalue weighted by Crippen LogP contribution is 2.24. The highest BCUT2D eigenvalue weighted by atomic mass is 16.6. The van der Waals surface area contributed by atoms with Crippen LogP contribution in [0.25, 0.3) is 0 Å². The molecule has 19 heavy (non-hydrogen) atoms. The summed E-state index contributed by atoms with van der Waals surface area (Å²) in [5.74, 6) is 1.31. The van der Waals surface area contributed by atoms with Gasteiger partial charge in [0.15, 0.2) is 0 Å². The molecule has 5 heteroatoms. The highest BCUT2D eigenvalue weighted by Gasteiger charge is 2.11. The van der Waals surface area contributed by atoms with Crippen LogP contribution in [0.5, 0.6) is 5.75 Å². The molecule has 0 fully saturated rings. The van der Waals surface area contributed by atoms with Gasteiger partial charge in [-0.05, 0) is 24.9 Å². The van der Waals surface area contributed by atoms with Crippen molar-refractivity contribution in [1.29, 1.82) is 0 Å². The number of hydrogen-bond donors (Lipinski definition) is 1. The van der Waals surface area contributed by atoms with E-state index in [4.69, 9.17) is 4.74 Å². The summed E-state index contributed by atoms with van der Waals surface area (Å²) in [4.78, 5) is 10.4. The highest BCUT2D eigenvalue weighted by molar-refractivity contribution is 5.43. The number of nitrogens with zero attached hydrogens (tertiary/aromatic N) is 1. The minimum atomic E-state index is -0.382. The monoisotopic (exact) mass is 266 g/mol. The zero-order chi connectivity index (χ0) is 14.3. The van der Waals surface area contributed by atoms with Crippen molar-refractivity contribution in [2.24, 2.45) is 5.92 Å². The fourth-order valence-electron chi connectivity index (χ4n) is 1.62. The summed E-state index contributed by atoms with van der Waals surface area (Å²) in [5.41, 5.74) is 0.934. The first-order chi connectivity index (χ1) is 9.04. The standard InChI is InChI=1S/C14H22N2O3/c1-4-15-10-12-9-13(16(17)18)5-6-14(12)19-8-7-11(2)3/h5-6,9,11,15H,4,7-8,10H2,1-3H3. The normalized spacial score (nSPS) is 10.7. The van der Waals surface area contributed by atoms with E-state index >= 15 is 0 Å². The number of nitrogens with one attached hydrogen (secondary N) is 1. The van der Waals surface area contributed by atoms with Crippen molar-refractivity contribution in [2.75, 3.05) is 13.2 Å². The van der Waals surface area contributed by atoms with Crippen LogP contribution >= 0.6 is 0 Å². The molecule has 0 unspecified atom stereocenters. The van der Waals surface area contributed by atoms with Crippen molar-refractivity contribution in [3.05, 3.63) is 33.9 Å². The second-order valence-corrected chi connectivity index (χ2v) is 4.86. The number of nitro groups is 1. The number of ether oxygens (including phenoxy) is 1. The maximum absolute atomic E-state index is 10.8. The summed E-state index contributed by atoms with van der Waals surface area (Å²) in [5, 5.41) is 14.0. The molecule has 106 valence electrons. The van der Waals surface area contributed by atoms with E-state index in [0.717, 1.165) is 24.3 Å². The number of non-ortho nitro benzene ring substituents is 1. The van der Waals surface area contributed by atoms with Gasteiger partial charge in [-0.1, -0.05) is 20.8 Å². The van der Waals surface area contributed by atoms with Crippen LogP contribution in [0.15, 0.2) is 18.2 Å². The number of hydrogen-bond acceptors (Lipinski definition) is 4. The minimum absolute atomic E-state index is 0.101. The summed E-state index contributed by atoms with van der Waals surface area (Å²) in [7, 11) is 0. The minimum Gasteiger partial charge on any atom is -0.493 e. The molecule has 1 rings (SSSR count). The van der Waals surface area contributed by atoms with Gasteiger partial charge in [-0.3, -0.25) is 10.1 Å². The summed E-state index contributed by atoms with van der Waals surface area (Å²) >= 11 is 0. The SMILES string of the molecule is CCNCc1cc([N+](=O)[O-])ccc1OCCC(C)C. The lowest BCUT2D eigenvalue weighted by Gasteiger charge is -2.12. The fraction of sp³-hybridized carbons (Fsp3) is 0.571. The quantitative estimate of drug-likeness (QED) is 0.580. The van der Waals surface area contributed by atoms with Crippen molar-refractivity contribution in [3.63, 3.8) is 0 Å². The predicted molar refractivity (Wildman–Crippen MR) is 75.4 cm³/mol. The molecule has 0 heterocycles. The van der Waals surface area contributed by atoms with Crippen LogP contribution in [0.1, 0.15) is 32.8 Å². The summed E-state index contributed by atoms with van der Waals surface area (Å²) in [6.07, 6.45) is 0.970. The summed E-state index contributed by atoms with van der Waals surface area (Å²) < 4.78 is 5.72. The lowest BCUT2D eigenvalue weighted by atomic mass is 10.1. The zero-order valence-electron chi connectivity index (χ0n) is 11.8. The van der Waals surface area contributed by atoms with E-state index in [1.807, 2.05) is 6.92 Å². The molecule has 0 bridgehead atoms. The first kappa shape index (κ1) is 15.4. The number of benzene rings is 1. The average molecular weight is 266 g/mol. The summed E-state index contributed by atoms with van der Waals surface area (Å²) in [6.45, 7) is 8.30. The van der Waals surface area contributed by atoms with Crippen LogP contribution in [0.3, 0.4) is 0 Å². The van der Waals surface area contributed by atoms with Gasteiger partial charge in [0.2, 0.25) is 0 Å². The molecule has 1 N–H and O–H groups in total. The third kappa shape index (κ3) is 5.26. The molecular weight excluding hydrogens is 244 g/mol. The Balaban J connectivity index is 2.79. The average Bonchev–Trinajstić information content (AvgIpc) is 2.36. The molecule has 0 aliphatic heterocycles. The predicted octanol–water partition coefficient (Wildman–Crippen LogP) is 3.13. The van der Waals surface area contributed by atoms with Crippen LogP contribution in [0.4, 0.5) is 5.69 Å². The third-order valence-electron chi connectivity index (χ3n) is 2.77. The van der Waals surface area contributed by atoms with Gasteiger partial charge in [-0.2, -0.15) is 0 Å². The summed E-state index contributed by atoms with van der Waals surface area (Å²) in [6, 6.07) is 4.75. The van der Waals surface area contributed by atoms with Crippen LogP contribution in [-0.4, -0.2) is 18.1 Å². The molecule has 1 aromatic rings. The molecule has 0 saturated heterocycles. The van der Waals surface area contributed by atoms with Gasteiger partial charge >= 0.3 is 0 Å². The maximum atomic E-state index is 10.8. The maximum Gasteiger partial charge on any atom is 0.270 e. The molecule has 0 spiro atoms. The Morgan fingerprint density at radius 2 is 2.16 bits per heavy atom. The Morgan fingerprint density at radius 1 is 1.42 bits per heavy atom. The molecule has 0 amide bonds. The van der Waals surface area contributed by atoms with E-state index in [1.54, 1.807) is 12.1 Å². The fourth-order valence-corrected chi connectivity index (χ4v) is 1.62. The van der Waals surface area contributed by atoms with Crippen LogP contribution < -0.4 is 10.1 Å². The Hall–Kier alpha value is -1.62. The van der Waals surface area contributed by atoms with Crippen LogP contribution in [0, 0.1) is 16.0 Å². The van der Waals surface area contributed by atoms with E-state index in [-0.39, 0.29) is 10.6 Å². The number of nitro benzene ring substituents is 1. The number of rotatable bonds is 8. The van der Waals surface area contributed by atoms with Crippen LogP contribution in [0.2, 0.25) is 0 Å². The topological polar surface area (TPSA) is 64.4 Å². The van der Waals surface area contributed by atoms with Crippen molar-refractivity contribution in [1.82, 2.24) is 5.32 Å². The molecule has 1 aromatic carbocycles. The Kier molecular flexibility index (Phi) is 6.29. The van der Waals surface area contributed by atoms with Gasteiger partial charge in [0.05, 0.1) is 11.5 Å². The Bertz CT molecular complexity index is 419. The van der Waals surface area contributed by atoms with E-state index in [9.17, 15) is 10.1 Å². The molecule has 5 nitrogen and oxygen atoms in total. The molecule has 0 aromatic heterocycles. The van der Waals surface area contributed by atoms with Crippen molar-refractivity contribution >= 4 is 5.69 Å².